The van der Waals surface area contributed by atoms with E-state index in [0.29, 0.717) is 32.0 Å². The lowest BCUT2D eigenvalue weighted by Gasteiger charge is -2.07. The fourth-order valence-electron chi connectivity index (χ4n) is 2.75. The van der Waals surface area contributed by atoms with Crippen LogP contribution >= 0.6 is 7.60 Å². The van der Waals surface area contributed by atoms with Crippen molar-refractivity contribution in [3.05, 3.63) is 54.0 Å². The summed E-state index contributed by atoms with van der Waals surface area (Å²) in [5.41, 5.74) is 3.70. The summed E-state index contributed by atoms with van der Waals surface area (Å²) in [6, 6.07) is 9.89. The molecule has 0 saturated heterocycles. The van der Waals surface area contributed by atoms with E-state index in [4.69, 9.17) is 14.5 Å². The molecule has 8 nitrogen and oxygen atoms in total. The van der Waals surface area contributed by atoms with Crippen LogP contribution in [0.15, 0.2) is 42.9 Å². The highest BCUT2D eigenvalue weighted by molar-refractivity contribution is 7.51. The van der Waals surface area contributed by atoms with Gasteiger partial charge in [-0.1, -0.05) is 30.3 Å². The van der Waals surface area contributed by atoms with Gasteiger partial charge in [0.15, 0.2) is 0 Å². The van der Waals surface area contributed by atoms with E-state index >= 15 is 0 Å². The Bertz CT molecular complexity index is 910. The molecule has 3 rings (SSSR count). The third-order valence-electron chi connectivity index (χ3n) is 4.10. The minimum Gasteiger partial charge on any atom is -0.471 e. The molecule has 0 saturated carbocycles. The van der Waals surface area contributed by atoms with Gasteiger partial charge in [-0.05, 0) is 37.1 Å². The van der Waals surface area contributed by atoms with Crippen LogP contribution in [0.1, 0.15) is 17.5 Å². The van der Waals surface area contributed by atoms with Gasteiger partial charge < -0.3 is 24.8 Å². The molecular formula is C18H23N4O4P. The summed E-state index contributed by atoms with van der Waals surface area (Å²) in [6.45, 7) is 1.69. The van der Waals surface area contributed by atoms with E-state index in [-0.39, 0.29) is 6.16 Å². The number of hydrogen-bond acceptors (Lipinski definition) is 5. The van der Waals surface area contributed by atoms with Crippen molar-refractivity contribution < 1.29 is 19.1 Å². The average Bonchev–Trinajstić information content (AvgIpc) is 3.06. The fraction of sp³-hybridized carbons (Fsp3) is 0.333. The topological polar surface area (TPSA) is 120 Å². The number of nitrogens with one attached hydrogen (secondary N) is 2. The molecule has 9 heteroatoms. The third kappa shape index (κ3) is 5.87. The molecule has 144 valence electrons. The summed E-state index contributed by atoms with van der Waals surface area (Å²) >= 11 is 0. The number of benzene rings is 1. The van der Waals surface area contributed by atoms with Gasteiger partial charge in [0.2, 0.25) is 5.88 Å². The third-order valence-corrected chi connectivity index (χ3v) is 5.00. The van der Waals surface area contributed by atoms with Gasteiger partial charge in [0.1, 0.15) is 18.5 Å². The first kappa shape index (κ1) is 19.5. The minimum atomic E-state index is -3.91. The molecule has 2 heterocycles. The fourth-order valence-corrected chi connectivity index (χ4v) is 3.32. The van der Waals surface area contributed by atoms with Gasteiger partial charge in [0.05, 0.1) is 11.7 Å². The molecule has 3 aromatic rings. The first-order valence-electron chi connectivity index (χ1n) is 8.76. The Hall–Kier alpha value is -2.25. The predicted molar refractivity (Wildman–Crippen MR) is 103 cm³/mol. The smallest absolute Gasteiger partial charge is 0.325 e. The zero-order valence-corrected chi connectivity index (χ0v) is 15.7. The lowest BCUT2D eigenvalue weighted by atomic mass is 10.2. The van der Waals surface area contributed by atoms with Crippen molar-refractivity contribution in [1.29, 1.82) is 0 Å². The number of H-pyrrole nitrogens is 1. The Balaban J connectivity index is 1.54. The highest BCUT2D eigenvalue weighted by Crippen LogP contribution is 2.34. The molecule has 0 aliphatic carbocycles. The summed E-state index contributed by atoms with van der Waals surface area (Å²) in [7, 11) is -3.91. The summed E-state index contributed by atoms with van der Waals surface area (Å²) in [5, 5.41) is 3.19. The second kappa shape index (κ2) is 9.10. The van der Waals surface area contributed by atoms with Crippen molar-refractivity contribution in [2.45, 2.75) is 19.4 Å². The zero-order chi connectivity index (χ0) is 19.1. The van der Waals surface area contributed by atoms with Crippen LogP contribution in [-0.2, 0) is 17.6 Å². The number of ether oxygens (including phenoxy) is 1. The first-order chi connectivity index (χ1) is 13.0. The van der Waals surface area contributed by atoms with Gasteiger partial charge in [0, 0.05) is 6.20 Å². The zero-order valence-electron chi connectivity index (χ0n) is 14.8. The Kier molecular flexibility index (Phi) is 6.58. The van der Waals surface area contributed by atoms with Crippen LogP contribution in [0.5, 0.6) is 5.88 Å². The normalized spacial score (nSPS) is 11.8. The molecule has 0 radical (unpaired) electrons. The number of nitrogens with zero attached hydrogens (tertiary/aromatic N) is 2. The van der Waals surface area contributed by atoms with Crippen molar-refractivity contribution in [3.8, 4) is 5.88 Å². The van der Waals surface area contributed by atoms with E-state index in [1.807, 2.05) is 36.5 Å². The molecule has 0 fully saturated rings. The largest absolute Gasteiger partial charge is 0.471 e. The predicted octanol–water partition coefficient (Wildman–Crippen LogP) is 2.24. The molecule has 0 aliphatic rings. The van der Waals surface area contributed by atoms with Crippen LogP contribution in [0.4, 0.5) is 0 Å². The molecule has 2 aromatic heterocycles. The van der Waals surface area contributed by atoms with Crippen LogP contribution in [-0.4, -0.2) is 44.0 Å². The van der Waals surface area contributed by atoms with E-state index < -0.39 is 7.60 Å². The number of rotatable bonds is 10. The van der Waals surface area contributed by atoms with E-state index in [0.717, 1.165) is 28.6 Å². The number of aromatic amines is 1. The van der Waals surface area contributed by atoms with Crippen molar-refractivity contribution in [3.63, 3.8) is 0 Å². The van der Waals surface area contributed by atoms with Crippen LogP contribution in [0.25, 0.3) is 11.0 Å². The molecular weight excluding hydrogens is 367 g/mol. The van der Waals surface area contributed by atoms with Crippen molar-refractivity contribution in [2.24, 2.45) is 0 Å². The standard InChI is InChI=1S/C18H23N4O4P/c23-27(24,25)10-4-8-19-9-7-15-11-20-17-16(15)21-13-22-18(17)26-12-14-5-2-1-3-6-14/h1-3,5-6,11,13,19-20H,4,7-10,12H2,(H2,23,24,25). The highest BCUT2D eigenvalue weighted by atomic mass is 31.2. The number of hydrogen-bond donors (Lipinski definition) is 4. The van der Waals surface area contributed by atoms with E-state index in [1.165, 1.54) is 6.33 Å². The van der Waals surface area contributed by atoms with Gasteiger partial charge >= 0.3 is 7.60 Å². The molecule has 0 aliphatic heterocycles. The van der Waals surface area contributed by atoms with E-state index in [1.54, 1.807) is 0 Å². The second-order valence-corrected chi connectivity index (χ2v) is 8.01. The van der Waals surface area contributed by atoms with Crippen molar-refractivity contribution in [1.82, 2.24) is 20.3 Å². The highest BCUT2D eigenvalue weighted by Gasteiger charge is 2.12. The molecule has 1 aromatic carbocycles. The Morgan fingerprint density at radius 1 is 1.15 bits per heavy atom. The maximum Gasteiger partial charge on any atom is 0.325 e. The van der Waals surface area contributed by atoms with Gasteiger partial charge in [-0.25, -0.2) is 4.98 Å². The number of aromatic nitrogens is 3. The van der Waals surface area contributed by atoms with Gasteiger partial charge in [0.25, 0.3) is 0 Å². The number of fused-ring (bicyclic) bond motifs is 1. The van der Waals surface area contributed by atoms with Crippen molar-refractivity contribution in [2.75, 3.05) is 19.3 Å². The van der Waals surface area contributed by atoms with E-state index in [2.05, 4.69) is 20.3 Å². The Morgan fingerprint density at radius 2 is 1.96 bits per heavy atom. The van der Waals surface area contributed by atoms with Crippen LogP contribution in [0, 0.1) is 0 Å². The lowest BCUT2D eigenvalue weighted by Crippen LogP contribution is -2.19. The van der Waals surface area contributed by atoms with E-state index in [9.17, 15) is 4.57 Å². The summed E-state index contributed by atoms with van der Waals surface area (Å²) in [5.74, 6) is 0.518. The first-order valence-corrected chi connectivity index (χ1v) is 10.6. The summed E-state index contributed by atoms with van der Waals surface area (Å²) in [4.78, 5) is 29.4. The lowest BCUT2D eigenvalue weighted by molar-refractivity contribution is 0.297. The molecule has 0 amide bonds. The second-order valence-electron chi connectivity index (χ2n) is 6.23. The molecule has 0 bridgehead atoms. The molecule has 4 N–H and O–H groups in total. The Morgan fingerprint density at radius 3 is 2.74 bits per heavy atom. The maximum atomic E-state index is 10.8. The minimum absolute atomic E-state index is 0.0948. The average molecular weight is 390 g/mol. The summed E-state index contributed by atoms with van der Waals surface area (Å²) < 4.78 is 16.6. The SMILES string of the molecule is O=P(O)(O)CCCNCCc1c[nH]c2c(OCc3ccccc3)ncnc12. The van der Waals surface area contributed by atoms with Gasteiger partial charge in [-0.3, -0.25) is 4.57 Å². The van der Waals surface area contributed by atoms with Crippen LogP contribution in [0.2, 0.25) is 0 Å². The molecule has 0 spiro atoms. The molecule has 27 heavy (non-hydrogen) atoms. The van der Waals surface area contributed by atoms with Crippen LogP contribution in [0.3, 0.4) is 0 Å². The van der Waals surface area contributed by atoms with Crippen LogP contribution < -0.4 is 10.1 Å². The van der Waals surface area contributed by atoms with Crippen molar-refractivity contribution >= 4 is 18.6 Å². The Labute approximate surface area is 157 Å². The quantitative estimate of drug-likeness (QED) is 0.309. The summed E-state index contributed by atoms with van der Waals surface area (Å²) in [6.07, 6.45) is 4.48. The molecule has 0 atom stereocenters. The molecule has 0 unspecified atom stereocenters. The van der Waals surface area contributed by atoms with Gasteiger partial charge in [-0.15, -0.1) is 0 Å². The van der Waals surface area contributed by atoms with Gasteiger partial charge in [-0.2, -0.15) is 4.98 Å². The maximum absolute atomic E-state index is 10.8. The monoisotopic (exact) mass is 390 g/mol.